The fraction of sp³-hybridized carbons (Fsp3) is 0.455. The van der Waals surface area contributed by atoms with E-state index in [1.807, 2.05) is 62.9 Å². The highest BCUT2D eigenvalue weighted by Gasteiger charge is 2.48. The summed E-state index contributed by atoms with van der Waals surface area (Å²) in [6.07, 6.45) is 2.18. The summed E-state index contributed by atoms with van der Waals surface area (Å²) in [7, 11) is 0. The van der Waals surface area contributed by atoms with Crippen molar-refractivity contribution >= 4 is 5.91 Å². The molecule has 1 unspecified atom stereocenters. The summed E-state index contributed by atoms with van der Waals surface area (Å²) < 4.78 is 0. The topological polar surface area (TPSA) is 53.4 Å². The second-order valence-electron chi connectivity index (χ2n) is 8.35. The Balaban J connectivity index is 1.78. The molecule has 4 rings (SSSR count). The lowest BCUT2D eigenvalue weighted by atomic mass is 9.92. The maximum atomic E-state index is 13.4. The second kappa shape index (κ2) is 5.92. The SMILES string of the molecule is Cc1cc(-c2cccc3c2C(=O)N(C(C2CC2)C(C)(C)O)C3)cc(C)n1. The van der Waals surface area contributed by atoms with Crippen molar-refractivity contribution in [3.63, 3.8) is 0 Å². The zero-order valence-corrected chi connectivity index (χ0v) is 15.9. The molecule has 2 aliphatic rings. The first-order chi connectivity index (χ1) is 12.3. The van der Waals surface area contributed by atoms with Crippen molar-refractivity contribution in [3.05, 3.63) is 52.8 Å². The van der Waals surface area contributed by atoms with Crippen LogP contribution in [-0.4, -0.2) is 32.5 Å². The minimum atomic E-state index is -0.900. The number of rotatable bonds is 4. The number of pyridine rings is 1. The fourth-order valence-corrected chi connectivity index (χ4v) is 4.46. The van der Waals surface area contributed by atoms with Gasteiger partial charge in [0.15, 0.2) is 0 Å². The number of amides is 1. The van der Waals surface area contributed by atoms with E-state index in [9.17, 15) is 9.90 Å². The number of benzene rings is 1. The predicted molar refractivity (Wildman–Crippen MR) is 102 cm³/mol. The minimum absolute atomic E-state index is 0.0433. The first-order valence-corrected chi connectivity index (χ1v) is 9.36. The molecule has 0 radical (unpaired) electrons. The van der Waals surface area contributed by atoms with Gasteiger partial charge in [-0.05, 0) is 75.3 Å². The Kier molecular flexibility index (Phi) is 3.92. The van der Waals surface area contributed by atoms with Crippen LogP contribution < -0.4 is 0 Å². The molecule has 1 N–H and O–H groups in total. The molecule has 26 heavy (non-hydrogen) atoms. The van der Waals surface area contributed by atoms with Gasteiger partial charge in [0.05, 0.1) is 17.2 Å². The fourth-order valence-electron chi connectivity index (χ4n) is 4.46. The van der Waals surface area contributed by atoms with Gasteiger partial charge in [-0.1, -0.05) is 18.2 Å². The highest BCUT2D eigenvalue weighted by Crippen LogP contribution is 2.44. The molecule has 2 heterocycles. The zero-order chi connectivity index (χ0) is 18.6. The molecule has 1 aliphatic heterocycles. The average molecular weight is 350 g/mol. The highest BCUT2D eigenvalue weighted by molar-refractivity contribution is 6.04. The molecule has 1 aliphatic carbocycles. The van der Waals surface area contributed by atoms with Gasteiger partial charge in [0.25, 0.3) is 5.91 Å². The summed E-state index contributed by atoms with van der Waals surface area (Å²) in [4.78, 5) is 19.7. The highest BCUT2D eigenvalue weighted by atomic mass is 16.3. The summed E-state index contributed by atoms with van der Waals surface area (Å²) in [5.41, 5.74) is 4.84. The van der Waals surface area contributed by atoms with Crippen molar-refractivity contribution in [1.82, 2.24) is 9.88 Å². The summed E-state index contributed by atoms with van der Waals surface area (Å²) in [6, 6.07) is 10.0. The van der Waals surface area contributed by atoms with E-state index in [1.165, 1.54) is 0 Å². The molecular weight excluding hydrogens is 324 g/mol. The molecule has 136 valence electrons. The molecule has 1 aromatic carbocycles. The summed E-state index contributed by atoms with van der Waals surface area (Å²) in [5.74, 6) is 0.448. The van der Waals surface area contributed by atoms with E-state index in [4.69, 9.17) is 0 Å². The number of aromatic nitrogens is 1. The van der Waals surface area contributed by atoms with Gasteiger partial charge in [-0.15, -0.1) is 0 Å². The average Bonchev–Trinajstić information content (AvgIpc) is 3.30. The van der Waals surface area contributed by atoms with Crippen LogP contribution in [-0.2, 0) is 6.54 Å². The predicted octanol–water partition coefficient (Wildman–Crippen LogP) is 3.87. The Morgan fingerprint density at radius 3 is 2.42 bits per heavy atom. The third-order valence-corrected chi connectivity index (χ3v) is 5.49. The van der Waals surface area contributed by atoms with Crippen LogP contribution in [0.4, 0.5) is 0 Å². The van der Waals surface area contributed by atoms with Crippen LogP contribution in [0.5, 0.6) is 0 Å². The Bertz CT molecular complexity index is 858. The van der Waals surface area contributed by atoms with Gasteiger partial charge in [-0.2, -0.15) is 0 Å². The van der Waals surface area contributed by atoms with E-state index in [1.54, 1.807) is 0 Å². The van der Waals surface area contributed by atoms with E-state index in [0.717, 1.165) is 46.5 Å². The van der Waals surface area contributed by atoms with Gasteiger partial charge in [0, 0.05) is 17.9 Å². The van der Waals surface area contributed by atoms with E-state index in [-0.39, 0.29) is 11.9 Å². The number of hydrogen-bond donors (Lipinski definition) is 1. The summed E-state index contributed by atoms with van der Waals surface area (Å²) in [5, 5.41) is 10.7. The number of carbonyl (C=O) groups is 1. The molecule has 4 heteroatoms. The van der Waals surface area contributed by atoms with E-state index in [0.29, 0.717) is 12.5 Å². The van der Waals surface area contributed by atoms with E-state index >= 15 is 0 Å². The Morgan fingerprint density at radius 2 is 1.85 bits per heavy atom. The Morgan fingerprint density at radius 1 is 1.19 bits per heavy atom. The third-order valence-electron chi connectivity index (χ3n) is 5.49. The quantitative estimate of drug-likeness (QED) is 0.911. The normalized spacial score (nSPS) is 18.2. The van der Waals surface area contributed by atoms with Crippen LogP contribution in [0.3, 0.4) is 0 Å². The van der Waals surface area contributed by atoms with Crippen molar-refractivity contribution < 1.29 is 9.90 Å². The van der Waals surface area contributed by atoms with Crippen molar-refractivity contribution in [3.8, 4) is 11.1 Å². The molecule has 0 bridgehead atoms. The molecule has 1 amide bonds. The van der Waals surface area contributed by atoms with Crippen LogP contribution in [0.2, 0.25) is 0 Å². The molecule has 1 atom stereocenters. The standard InChI is InChI=1S/C22H26N2O2/c1-13-10-17(11-14(2)23-13)18-7-5-6-16-12-24(21(25)19(16)18)20(15-8-9-15)22(3,4)26/h5-7,10-11,15,20,26H,8-9,12H2,1-4H3. The number of aliphatic hydroxyl groups is 1. The number of aryl methyl sites for hydroxylation is 2. The lowest BCUT2D eigenvalue weighted by Crippen LogP contribution is -2.51. The van der Waals surface area contributed by atoms with Crippen LogP contribution in [0, 0.1) is 19.8 Å². The largest absolute Gasteiger partial charge is 0.388 e. The summed E-state index contributed by atoms with van der Waals surface area (Å²) in [6.45, 7) is 8.18. The molecule has 1 aromatic heterocycles. The first kappa shape index (κ1) is 17.2. The maximum absolute atomic E-state index is 13.4. The van der Waals surface area contributed by atoms with Gasteiger partial charge in [0.2, 0.25) is 0 Å². The van der Waals surface area contributed by atoms with Crippen molar-refractivity contribution in [2.45, 2.75) is 58.7 Å². The van der Waals surface area contributed by atoms with Gasteiger partial charge in [-0.25, -0.2) is 0 Å². The molecule has 2 aromatic rings. The van der Waals surface area contributed by atoms with Gasteiger partial charge in [0.1, 0.15) is 0 Å². The van der Waals surface area contributed by atoms with Gasteiger partial charge >= 0.3 is 0 Å². The first-order valence-electron chi connectivity index (χ1n) is 9.36. The number of nitrogens with zero attached hydrogens (tertiary/aromatic N) is 2. The maximum Gasteiger partial charge on any atom is 0.255 e. The van der Waals surface area contributed by atoms with Crippen molar-refractivity contribution in [2.75, 3.05) is 0 Å². The van der Waals surface area contributed by atoms with Crippen LogP contribution in [0.1, 0.15) is 54.0 Å². The lowest BCUT2D eigenvalue weighted by molar-refractivity contribution is -0.0224. The molecule has 1 saturated carbocycles. The van der Waals surface area contributed by atoms with Crippen molar-refractivity contribution in [1.29, 1.82) is 0 Å². The second-order valence-corrected chi connectivity index (χ2v) is 8.35. The van der Waals surface area contributed by atoms with E-state index in [2.05, 4.69) is 4.98 Å². The van der Waals surface area contributed by atoms with Crippen LogP contribution in [0.25, 0.3) is 11.1 Å². The summed E-state index contributed by atoms with van der Waals surface area (Å²) >= 11 is 0. The Labute approximate surface area is 154 Å². The van der Waals surface area contributed by atoms with Gasteiger partial charge in [-0.3, -0.25) is 9.78 Å². The molecule has 1 fully saturated rings. The number of hydrogen-bond acceptors (Lipinski definition) is 3. The number of carbonyl (C=O) groups excluding carboxylic acids is 1. The van der Waals surface area contributed by atoms with Crippen molar-refractivity contribution in [2.24, 2.45) is 5.92 Å². The minimum Gasteiger partial charge on any atom is -0.388 e. The monoisotopic (exact) mass is 350 g/mol. The zero-order valence-electron chi connectivity index (χ0n) is 15.9. The third kappa shape index (κ3) is 2.92. The molecule has 0 saturated heterocycles. The van der Waals surface area contributed by atoms with Crippen LogP contribution in [0.15, 0.2) is 30.3 Å². The van der Waals surface area contributed by atoms with E-state index < -0.39 is 5.60 Å². The Hall–Kier alpha value is -2.20. The molecular formula is C22H26N2O2. The molecule has 4 nitrogen and oxygen atoms in total. The molecule has 0 spiro atoms. The van der Waals surface area contributed by atoms with Crippen LogP contribution >= 0.6 is 0 Å². The smallest absolute Gasteiger partial charge is 0.255 e. The van der Waals surface area contributed by atoms with Gasteiger partial charge < -0.3 is 10.0 Å². The lowest BCUT2D eigenvalue weighted by Gasteiger charge is -2.37. The number of fused-ring (bicyclic) bond motifs is 1.